The molecular formula is C6H8FNO. The molecule has 2 bridgehead atoms. The van der Waals surface area contributed by atoms with E-state index < -0.39 is 6.17 Å². The van der Waals surface area contributed by atoms with Gasteiger partial charge < -0.3 is 5.32 Å². The number of hydrogen-bond donors (Lipinski definition) is 1. The highest BCUT2D eigenvalue weighted by atomic mass is 19.1. The standard InChI is InChI=1S/C6H8FNO/c7-5-2-3-1-4(5)6(9)8-3/h3-5H,1-2H2,(H,8,9)/t3-,4+,5+/m1/s1. The van der Waals surface area contributed by atoms with Gasteiger partial charge in [-0.3, -0.25) is 4.79 Å². The molecule has 3 heteroatoms. The fraction of sp³-hybridized carbons (Fsp3) is 0.833. The molecule has 1 heterocycles. The molecule has 3 atom stereocenters. The summed E-state index contributed by atoms with van der Waals surface area (Å²) in [6, 6.07) is 0.150. The molecule has 0 aromatic heterocycles. The summed E-state index contributed by atoms with van der Waals surface area (Å²) in [6.07, 6.45) is 0.403. The first kappa shape index (κ1) is 5.21. The van der Waals surface area contributed by atoms with Gasteiger partial charge in [0.2, 0.25) is 5.91 Å². The molecule has 9 heavy (non-hydrogen) atoms. The van der Waals surface area contributed by atoms with E-state index in [9.17, 15) is 9.18 Å². The molecule has 1 N–H and O–H groups in total. The number of nitrogens with one attached hydrogen (secondary N) is 1. The number of amides is 1. The second kappa shape index (κ2) is 1.46. The van der Waals surface area contributed by atoms with Crippen molar-refractivity contribution in [1.82, 2.24) is 5.32 Å². The fourth-order valence-electron chi connectivity index (χ4n) is 1.68. The Labute approximate surface area is 52.4 Å². The number of fused-ring (bicyclic) bond motifs is 2. The van der Waals surface area contributed by atoms with Crippen LogP contribution in [0.2, 0.25) is 0 Å². The Balaban J connectivity index is 2.21. The van der Waals surface area contributed by atoms with Crippen molar-refractivity contribution < 1.29 is 9.18 Å². The maximum absolute atomic E-state index is 12.6. The van der Waals surface area contributed by atoms with Gasteiger partial charge in [-0.1, -0.05) is 0 Å². The van der Waals surface area contributed by atoms with Crippen molar-refractivity contribution in [2.45, 2.75) is 25.1 Å². The number of carbonyl (C=O) groups is 1. The lowest BCUT2D eigenvalue weighted by molar-refractivity contribution is -0.125. The molecule has 50 valence electrons. The van der Waals surface area contributed by atoms with Crippen molar-refractivity contribution >= 4 is 5.91 Å². The Hall–Kier alpha value is -0.600. The lowest BCUT2D eigenvalue weighted by Crippen LogP contribution is -2.35. The van der Waals surface area contributed by atoms with Crippen molar-refractivity contribution in [3.8, 4) is 0 Å². The molecule has 2 rings (SSSR count). The maximum atomic E-state index is 12.6. The van der Waals surface area contributed by atoms with E-state index in [0.717, 1.165) is 6.42 Å². The normalized spacial score (nSPS) is 47.7. The highest BCUT2D eigenvalue weighted by Crippen LogP contribution is 2.34. The van der Waals surface area contributed by atoms with E-state index in [4.69, 9.17) is 0 Å². The van der Waals surface area contributed by atoms with Crippen molar-refractivity contribution in [3.63, 3.8) is 0 Å². The van der Waals surface area contributed by atoms with Gasteiger partial charge >= 0.3 is 0 Å². The fourth-order valence-corrected chi connectivity index (χ4v) is 1.68. The number of hydrogen-bond acceptors (Lipinski definition) is 1. The van der Waals surface area contributed by atoms with Crippen molar-refractivity contribution in [1.29, 1.82) is 0 Å². The zero-order valence-corrected chi connectivity index (χ0v) is 4.93. The first-order chi connectivity index (χ1) is 4.27. The lowest BCUT2D eigenvalue weighted by Gasteiger charge is -2.13. The molecule has 0 aromatic carbocycles. The number of rotatable bonds is 0. The van der Waals surface area contributed by atoms with E-state index in [1.165, 1.54) is 0 Å². The van der Waals surface area contributed by atoms with Crippen LogP contribution in [0.25, 0.3) is 0 Å². The topological polar surface area (TPSA) is 29.1 Å². The van der Waals surface area contributed by atoms with E-state index in [1.807, 2.05) is 0 Å². The molecule has 0 radical (unpaired) electrons. The highest BCUT2D eigenvalue weighted by molar-refractivity contribution is 5.83. The summed E-state index contributed by atoms with van der Waals surface area (Å²) in [6.45, 7) is 0. The summed E-state index contributed by atoms with van der Waals surface area (Å²) < 4.78 is 12.6. The van der Waals surface area contributed by atoms with Gasteiger partial charge in [-0.2, -0.15) is 0 Å². The van der Waals surface area contributed by atoms with E-state index >= 15 is 0 Å². The van der Waals surface area contributed by atoms with Crippen LogP contribution in [-0.4, -0.2) is 18.1 Å². The molecule has 1 aliphatic heterocycles. The summed E-state index contributed by atoms with van der Waals surface area (Å²) in [5.74, 6) is -0.395. The first-order valence-corrected chi connectivity index (χ1v) is 3.22. The summed E-state index contributed by atoms with van der Waals surface area (Å²) in [5, 5.41) is 2.70. The van der Waals surface area contributed by atoms with Crippen molar-refractivity contribution in [2.75, 3.05) is 0 Å². The third kappa shape index (κ3) is 0.573. The number of alkyl halides is 1. The quantitative estimate of drug-likeness (QED) is 0.498. The van der Waals surface area contributed by atoms with Crippen LogP contribution in [0.15, 0.2) is 0 Å². The van der Waals surface area contributed by atoms with E-state index in [2.05, 4.69) is 5.32 Å². The molecule has 0 spiro atoms. The molecule has 1 saturated heterocycles. The minimum absolute atomic E-state index is 0.0845. The van der Waals surface area contributed by atoms with E-state index in [-0.39, 0.29) is 17.9 Å². The average Bonchev–Trinajstić information content (AvgIpc) is 2.22. The van der Waals surface area contributed by atoms with Gasteiger partial charge in [0, 0.05) is 6.04 Å². The lowest BCUT2D eigenvalue weighted by atomic mass is 10.1. The second-order valence-corrected chi connectivity index (χ2v) is 2.80. The Morgan fingerprint density at radius 3 is 2.67 bits per heavy atom. The highest BCUT2D eigenvalue weighted by Gasteiger charge is 2.45. The van der Waals surface area contributed by atoms with Crippen LogP contribution in [-0.2, 0) is 4.79 Å². The Morgan fingerprint density at radius 1 is 1.56 bits per heavy atom. The van der Waals surface area contributed by atoms with Crippen LogP contribution < -0.4 is 5.32 Å². The molecule has 1 saturated carbocycles. The third-order valence-corrected chi connectivity index (χ3v) is 2.17. The molecule has 1 amide bonds. The van der Waals surface area contributed by atoms with Crippen LogP contribution in [0, 0.1) is 5.92 Å². The molecule has 1 aliphatic carbocycles. The third-order valence-electron chi connectivity index (χ3n) is 2.17. The van der Waals surface area contributed by atoms with Gasteiger partial charge in [0.25, 0.3) is 0 Å². The van der Waals surface area contributed by atoms with E-state index in [0.29, 0.717) is 6.42 Å². The van der Waals surface area contributed by atoms with Gasteiger partial charge in [0.05, 0.1) is 5.92 Å². The minimum atomic E-state index is -0.858. The maximum Gasteiger partial charge on any atom is 0.226 e. The van der Waals surface area contributed by atoms with Crippen molar-refractivity contribution in [2.24, 2.45) is 5.92 Å². The summed E-state index contributed by atoms with van der Waals surface area (Å²) in [7, 11) is 0. The summed E-state index contributed by atoms with van der Waals surface area (Å²) in [5.41, 5.74) is 0. The van der Waals surface area contributed by atoms with Gasteiger partial charge in [-0.05, 0) is 12.8 Å². The first-order valence-electron chi connectivity index (χ1n) is 3.22. The number of piperidine rings is 1. The Kier molecular flexibility index (Phi) is 0.845. The largest absolute Gasteiger partial charge is 0.353 e. The SMILES string of the molecule is O=C1N[C@@H]2C[C@H]1[C@@H](F)C2. The molecule has 0 aromatic rings. The monoisotopic (exact) mass is 129 g/mol. The zero-order chi connectivity index (χ0) is 6.43. The molecule has 2 fully saturated rings. The van der Waals surface area contributed by atoms with Crippen molar-refractivity contribution in [3.05, 3.63) is 0 Å². The number of halogens is 1. The van der Waals surface area contributed by atoms with Crippen LogP contribution in [0.5, 0.6) is 0 Å². The van der Waals surface area contributed by atoms with Gasteiger partial charge in [0.1, 0.15) is 6.17 Å². The van der Waals surface area contributed by atoms with Crippen LogP contribution in [0.4, 0.5) is 4.39 Å². The van der Waals surface area contributed by atoms with Crippen LogP contribution in [0.1, 0.15) is 12.8 Å². The molecular weight excluding hydrogens is 121 g/mol. The average molecular weight is 129 g/mol. The van der Waals surface area contributed by atoms with Gasteiger partial charge in [-0.15, -0.1) is 0 Å². The predicted molar refractivity (Wildman–Crippen MR) is 29.6 cm³/mol. The number of carbonyl (C=O) groups excluding carboxylic acids is 1. The molecule has 2 nitrogen and oxygen atoms in total. The molecule has 2 aliphatic rings. The summed E-state index contributed by atoms with van der Waals surface area (Å²) >= 11 is 0. The smallest absolute Gasteiger partial charge is 0.226 e. The second-order valence-electron chi connectivity index (χ2n) is 2.80. The summed E-state index contributed by atoms with van der Waals surface area (Å²) in [4.78, 5) is 10.7. The van der Waals surface area contributed by atoms with Crippen LogP contribution >= 0.6 is 0 Å². The predicted octanol–water partition coefficient (Wildman–Crippen LogP) is 0.233. The minimum Gasteiger partial charge on any atom is -0.353 e. The molecule has 0 unspecified atom stereocenters. The van der Waals surface area contributed by atoms with Crippen LogP contribution in [0.3, 0.4) is 0 Å². The Bertz CT molecular complexity index is 159. The zero-order valence-electron chi connectivity index (χ0n) is 4.93. The van der Waals surface area contributed by atoms with Gasteiger partial charge in [-0.25, -0.2) is 4.39 Å². The Morgan fingerprint density at radius 2 is 2.33 bits per heavy atom. The van der Waals surface area contributed by atoms with E-state index in [1.54, 1.807) is 0 Å². The van der Waals surface area contributed by atoms with Gasteiger partial charge in [0.15, 0.2) is 0 Å².